The predicted molar refractivity (Wildman–Crippen MR) is 92.6 cm³/mol. The van der Waals surface area contributed by atoms with Crippen LogP contribution in [0.15, 0.2) is 36.9 Å². The van der Waals surface area contributed by atoms with Gasteiger partial charge in [-0.1, -0.05) is 12.1 Å². The Bertz CT molecular complexity index is 905. The molecule has 0 aliphatic carbocycles. The zero-order valence-electron chi connectivity index (χ0n) is 13.1. The topological polar surface area (TPSA) is 96.1 Å². The highest BCUT2D eigenvalue weighted by Crippen LogP contribution is 2.38. The number of hydrogen-bond acceptors (Lipinski definition) is 7. The average Bonchev–Trinajstić information content (AvgIpc) is 3.17. The predicted octanol–water partition coefficient (Wildman–Crippen LogP) is 1.54. The number of rotatable bonds is 4. The number of hydrogen-bond donors (Lipinski definition) is 3. The first-order valence-corrected chi connectivity index (χ1v) is 8.82. The molecule has 0 saturated carbocycles. The monoisotopic (exact) mass is 361 g/mol. The van der Waals surface area contributed by atoms with Crippen LogP contribution in [-0.2, 0) is 6.54 Å². The van der Waals surface area contributed by atoms with Crippen molar-refractivity contribution in [3.8, 4) is 0 Å². The fraction of sp³-hybridized carbons (Fsp3) is 0.312. The number of thioether (sulfide) groups is 1. The standard InChI is InChI=1S/C16H16FN5O2S/c17-10-3-1-2-9(4-10)5-18-14-12-15(20-7-19-14)22(8-21-12)16-13(24)11(23)6-25-16/h1-4,7-8,11,13,16,23-24H,5-6H2,(H,18,19,20)/t11?,13?,16-/m1/s1. The lowest BCUT2D eigenvalue weighted by Crippen LogP contribution is -2.27. The van der Waals surface area contributed by atoms with E-state index < -0.39 is 12.2 Å². The molecule has 2 unspecified atom stereocenters. The van der Waals surface area contributed by atoms with Crippen molar-refractivity contribution < 1.29 is 14.6 Å². The van der Waals surface area contributed by atoms with E-state index in [9.17, 15) is 14.6 Å². The summed E-state index contributed by atoms with van der Waals surface area (Å²) in [7, 11) is 0. The fourth-order valence-electron chi connectivity index (χ4n) is 2.83. The average molecular weight is 361 g/mol. The Morgan fingerprint density at radius 2 is 2.16 bits per heavy atom. The van der Waals surface area contributed by atoms with Gasteiger partial charge in [-0.3, -0.25) is 4.57 Å². The van der Waals surface area contributed by atoms with Crippen LogP contribution < -0.4 is 5.32 Å². The highest BCUT2D eigenvalue weighted by atomic mass is 32.2. The maximum Gasteiger partial charge on any atom is 0.166 e. The van der Waals surface area contributed by atoms with Gasteiger partial charge in [0.05, 0.1) is 12.4 Å². The van der Waals surface area contributed by atoms with Crippen LogP contribution in [0, 0.1) is 5.82 Å². The molecule has 1 aromatic carbocycles. The Morgan fingerprint density at radius 1 is 1.28 bits per heavy atom. The Morgan fingerprint density at radius 3 is 2.92 bits per heavy atom. The van der Waals surface area contributed by atoms with Crippen LogP contribution in [0.25, 0.3) is 11.2 Å². The second-order valence-electron chi connectivity index (χ2n) is 5.81. The molecule has 1 aliphatic heterocycles. The molecule has 1 saturated heterocycles. The molecule has 130 valence electrons. The molecular weight excluding hydrogens is 345 g/mol. The largest absolute Gasteiger partial charge is 0.389 e. The number of nitrogens with one attached hydrogen (secondary N) is 1. The third-order valence-corrected chi connectivity index (χ3v) is 5.49. The van der Waals surface area contributed by atoms with Crippen molar-refractivity contribution in [1.82, 2.24) is 19.5 Å². The Labute approximate surface area is 146 Å². The number of aliphatic hydroxyl groups excluding tert-OH is 2. The summed E-state index contributed by atoms with van der Waals surface area (Å²) in [5.74, 6) is 0.703. The van der Waals surface area contributed by atoms with E-state index in [0.717, 1.165) is 5.56 Å². The SMILES string of the molecule is OC1CS[C@@H](n2cnc3c(NCc4cccc(F)c4)ncnc32)C1O. The van der Waals surface area contributed by atoms with Gasteiger partial charge in [-0.15, -0.1) is 11.8 Å². The molecule has 0 bridgehead atoms. The number of anilines is 1. The highest BCUT2D eigenvalue weighted by molar-refractivity contribution is 7.99. The van der Waals surface area contributed by atoms with Crippen molar-refractivity contribution in [1.29, 1.82) is 0 Å². The Kier molecular flexibility index (Phi) is 4.28. The van der Waals surface area contributed by atoms with Crippen LogP contribution in [0.5, 0.6) is 0 Å². The summed E-state index contributed by atoms with van der Waals surface area (Å²) in [4.78, 5) is 12.8. The Balaban J connectivity index is 1.61. The lowest BCUT2D eigenvalue weighted by atomic mass is 10.2. The number of fused-ring (bicyclic) bond motifs is 1. The van der Waals surface area contributed by atoms with Crippen molar-refractivity contribution in [2.24, 2.45) is 0 Å². The molecule has 3 atom stereocenters. The summed E-state index contributed by atoms with van der Waals surface area (Å²) in [6, 6.07) is 6.32. The van der Waals surface area contributed by atoms with Gasteiger partial charge in [0, 0.05) is 12.3 Å². The third-order valence-electron chi connectivity index (χ3n) is 4.11. The van der Waals surface area contributed by atoms with Crippen molar-refractivity contribution in [2.45, 2.75) is 24.1 Å². The lowest BCUT2D eigenvalue weighted by molar-refractivity contribution is 0.0313. The van der Waals surface area contributed by atoms with Gasteiger partial charge in [0.2, 0.25) is 0 Å². The molecule has 4 rings (SSSR count). The Hall–Kier alpha value is -2.23. The molecular formula is C16H16FN5O2S. The van der Waals surface area contributed by atoms with Crippen molar-refractivity contribution >= 4 is 28.7 Å². The van der Waals surface area contributed by atoms with Crippen molar-refractivity contribution in [3.05, 3.63) is 48.3 Å². The molecule has 9 heteroatoms. The lowest BCUT2D eigenvalue weighted by Gasteiger charge is -2.17. The molecule has 1 fully saturated rings. The molecule has 3 aromatic rings. The van der Waals surface area contributed by atoms with Gasteiger partial charge in [0.15, 0.2) is 11.5 Å². The van der Waals surface area contributed by atoms with Gasteiger partial charge in [-0.25, -0.2) is 19.3 Å². The molecule has 3 heterocycles. The first-order chi connectivity index (χ1) is 12.1. The molecule has 2 aromatic heterocycles. The third kappa shape index (κ3) is 3.06. The van der Waals surface area contributed by atoms with Gasteiger partial charge >= 0.3 is 0 Å². The van der Waals surface area contributed by atoms with E-state index in [2.05, 4.69) is 20.3 Å². The van der Waals surface area contributed by atoms with E-state index in [-0.39, 0.29) is 11.2 Å². The van der Waals surface area contributed by atoms with Crippen LogP contribution in [0.2, 0.25) is 0 Å². The number of halogens is 1. The van der Waals surface area contributed by atoms with Crippen molar-refractivity contribution in [3.63, 3.8) is 0 Å². The van der Waals surface area contributed by atoms with Crippen LogP contribution in [0.1, 0.15) is 10.9 Å². The van der Waals surface area contributed by atoms with Gasteiger partial charge in [-0.2, -0.15) is 0 Å². The van der Waals surface area contributed by atoms with Crippen LogP contribution >= 0.6 is 11.8 Å². The zero-order valence-corrected chi connectivity index (χ0v) is 13.9. The van der Waals surface area contributed by atoms with E-state index in [0.29, 0.717) is 29.3 Å². The first kappa shape index (κ1) is 16.2. The molecule has 0 radical (unpaired) electrons. The minimum Gasteiger partial charge on any atom is -0.389 e. The first-order valence-electron chi connectivity index (χ1n) is 7.77. The molecule has 1 aliphatic rings. The summed E-state index contributed by atoms with van der Waals surface area (Å²) in [5.41, 5.74) is 1.92. The fourth-order valence-corrected chi connectivity index (χ4v) is 4.11. The normalized spacial score (nSPS) is 23.2. The van der Waals surface area contributed by atoms with Crippen LogP contribution in [0.3, 0.4) is 0 Å². The summed E-state index contributed by atoms with van der Waals surface area (Å²) < 4.78 is 15.0. The summed E-state index contributed by atoms with van der Waals surface area (Å²) in [5, 5.41) is 22.7. The van der Waals surface area contributed by atoms with E-state index in [1.54, 1.807) is 17.0 Å². The molecule has 0 spiro atoms. The van der Waals surface area contributed by atoms with Crippen LogP contribution in [-0.4, -0.2) is 47.7 Å². The minimum atomic E-state index is -0.874. The smallest absolute Gasteiger partial charge is 0.166 e. The number of nitrogens with zero attached hydrogens (tertiary/aromatic N) is 4. The number of aliphatic hydroxyl groups is 2. The van der Waals surface area contributed by atoms with E-state index >= 15 is 0 Å². The summed E-state index contributed by atoms with van der Waals surface area (Å²) in [6.07, 6.45) is 1.36. The van der Waals surface area contributed by atoms with E-state index in [1.165, 1.54) is 30.2 Å². The van der Waals surface area contributed by atoms with Gasteiger partial charge in [0.1, 0.15) is 29.1 Å². The summed E-state index contributed by atoms with van der Waals surface area (Å²) in [6.45, 7) is 0.399. The second-order valence-corrected chi connectivity index (χ2v) is 6.96. The molecule has 0 amide bonds. The van der Waals surface area contributed by atoms with Gasteiger partial charge in [-0.05, 0) is 17.7 Å². The quantitative estimate of drug-likeness (QED) is 0.649. The maximum absolute atomic E-state index is 13.3. The minimum absolute atomic E-state index is 0.290. The van der Waals surface area contributed by atoms with Crippen molar-refractivity contribution in [2.75, 3.05) is 11.1 Å². The van der Waals surface area contributed by atoms with E-state index in [4.69, 9.17) is 0 Å². The van der Waals surface area contributed by atoms with Gasteiger partial charge < -0.3 is 15.5 Å². The highest BCUT2D eigenvalue weighted by Gasteiger charge is 2.36. The number of imidazole rings is 1. The van der Waals surface area contributed by atoms with E-state index in [1.807, 2.05) is 6.07 Å². The summed E-state index contributed by atoms with van der Waals surface area (Å²) >= 11 is 1.45. The maximum atomic E-state index is 13.3. The van der Waals surface area contributed by atoms with Gasteiger partial charge in [0.25, 0.3) is 0 Å². The molecule has 3 N–H and O–H groups in total. The second kappa shape index (κ2) is 6.58. The molecule has 25 heavy (non-hydrogen) atoms. The van der Waals surface area contributed by atoms with Crippen LogP contribution in [0.4, 0.5) is 10.2 Å². The molecule has 7 nitrogen and oxygen atoms in total. The number of aromatic nitrogens is 4. The zero-order chi connectivity index (χ0) is 17.4. The number of benzene rings is 1.